The van der Waals surface area contributed by atoms with Gasteiger partial charge in [0.25, 0.3) is 0 Å². The van der Waals surface area contributed by atoms with E-state index in [0.29, 0.717) is 42.3 Å². The van der Waals surface area contributed by atoms with Gasteiger partial charge in [-0.05, 0) is 45.0 Å². The number of amides is 2. The van der Waals surface area contributed by atoms with Gasteiger partial charge in [-0.1, -0.05) is 18.2 Å². The number of pyridine rings is 1. The molecule has 198 valence electrons. The molecule has 2 amide bonds. The van der Waals surface area contributed by atoms with Crippen LogP contribution < -0.4 is 10.6 Å². The standard InChI is InChI=1S/C29H33N5O4/c1-17-15-34(16-18(2)38-17)28(37)29(4)13-22-25(23(36)14-29)27(32-21-8-6-5-7-9-21)26(33-22)20-10-11-30-24(12-20)31-19(3)35/h5-12,17-18,32-33H,13-16H2,1-4H3,(H,30,31,35). The molecule has 38 heavy (non-hydrogen) atoms. The first kappa shape index (κ1) is 25.7. The van der Waals surface area contributed by atoms with E-state index in [1.54, 1.807) is 12.3 Å². The molecule has 2 aliphatic rings. The minimum absolute atomic E-state index is 0.0240. The number of fused-ring (bicyclic) bond motifs is 1. The molecule has 1 fully saturated rings. The number of aromatic amines is 1. The highest BCUT2D eigenvalue weighted by Gasteiger charge is 2.46. The molecule has 3 aromatic rings. The molecule has 1 aliphatic carbocycles. The predicted octanol–water partition coefficient (Wildman–Crippen LogP) is 4.55. The summed E-state index contributed by atoms with van der Waals surface area (Å²) in [6.07, 6.45) is 2.03. The smallest absolute Gasteiger partial charge is 0.229 e. The maximum absolute atomic E-state index is 13.8. The summed E-state index contributed by atoms with van der Waals surface area (Å²) in [7, 11) is 0. The Hall–Kier alpha value is -3.98. The van der Waals surface area contributed by atoms with Gasteiger partial charge in [0.2, 0.25) is 11.8 Å². The summed E-state index contributed by atoms with van der Waals surface area (Å²) in [4.78, 5) is 48.7. The topological polar surface area (TPSA) is 116 Å². The third-order valence-corrected chi connectivity index (χ3v) is 7.09. The van der Waals surface area contributed by atoms with Crippen LogP contribution in [0.15, 0.2) is 48.7 Å². The molecule has 1 aromatic carbocycles. The summed E-state index contributed by atoms with van der Waals surface area (Å²) in [5, 5.41) is 6.14. The fourth-order valence-corrected chi connectivity index (χ4v) is 5.61. The number of aromatic nitrogens is 2. The first-order chi connectivity index (χ1) is 18.1. The van der Waals surface area contributed by atoms with Crippen LogP contribution in [0.25, 0.3) is 11.3 Å². The predicted molar refractivity (Wildman–Crippen MR) is 145 cm³/mol. The van der Waals surface area contributed by atoms with Crippen LogP contribution in [0.2, 0.25) is 0 Å². The summed E-state index contributed by atoms with van der Waals surface area (Å²) in [6, 6.07) is 13.2. The minimum atomic E-state index is -0.868. The molecule has 9 nitrogen and oxygen atoms in total. The highest BCUT2D eigenvalue weighted by Crippen LogP contribution is 2.44. The lowest BCUT2D eigenvalue weighted by atomic mass is 9.73. The number of para-hydroxylation sites is 1. The molecule has 0 bridgehead atoms. The fourth-order valence-electron chi connectivity index (χ4n) is 5.61. The summed E-state index contributed by atoms with van der Waals surface area (Å²) < 4.78 is 5.82. The Morgan fingerprint density at radius 1 is 1.11 bits per heavy atom. The first-order valence-corrected chi connectivity index (χ1v) is 12.9. The first-order valence-electron chi connectivity index (χ1n) is 12.9. The van der Waals surface area contributed by atoms with Gasteiger partial charge in [-0.15, -0.1) is 0 Å². The van der Waals surface area contributed by atoms with Gasteiger partial charge in [-0.2, -0.15) is 0 Å². The Labute approximate surface area is 222 Å². The maximum atomic E-state index is 13.8. The molecule has 1 aliphatic heterocycles. The van der Waals surface area contributed by atoms with Crippen LogP contribution in [-0.2, 0) is 20.7 Å². The Bertz CT molecular complexity index is 1370. The maximum Gasteiger partial charge on any atom is 0.229 e. The highest BCUT2D eigenvalue weighted by molar-refractivity contribution is 6.10. The number of rotatable bonds is 5. The highest BCUT2D eigenvalue weighted by atomic mass is 16.5. The zero-order chi connectivity index (χ0) is 27.0. The number of carbonyl (C=O) groups excluding carboxylic acids is 3. The quantitative estimate of drug-likeness (QED) is 0.459. The van der Waals surface area contributed by atoms with Crippen molar-refractivity contribution in [2.45, 2.75) is 52.7 Å². The van der Waals surface area contributed by atoms with Crippen LogP contribution >= 0.6 is 0 Å². The number of ketones is 1. The second-order valence-corrected chi connectivity index (χ2v) is 10.6. The van der Waals surface area contributed by atoms with Gasteiger partial charge in [0.1, 0.15) is 5.82 Å². The van der Waals surface area contributed by atoms with E-state index in [0.717, 1.165) is 16.9 Å². The van der Waals surface area contributed by atoms with E-state index in [1.165, 1.54) is 6.92 Å². The normalized spacial score (nSPS) is 23.1. The zero-order valence-electron chi connectivity index (χ0n) is 22.1. The van der Waals surface area contributed by atoms with Gasteiger partial charge in [0, 0.05) is 56.0 Å². The molecule has 0 saturated carbocycles. The van der Waals surface area contributed by atoms with Crippen molar-refractivity contribution < 1.29 is 19.1 Å². The molecule has 0 spiro atoms. The average molecular weight is 516 g/mol. The third-order valence-electron chi connectivity index (χ3n) is 7.09. The number of benzene rings is 1. The molecule has 3 heterocycles. The molecule has 3 unspecified atom stereocenters. The molecule has 1 saturated heterocycles. The number of nitrogens with one attached hydrogen (secondary N) is 3. The van der Waals surface area contributed by atoms with Crippen molar-refractivity contribution in [3.05, 3.63) is 59.9 Å². The number of hydrogen-bond donors (Lipinski definition) is 3. The Morgan fingerprint density at radius 3 is 2.50 bits per heavy atom. The van der Waals surface area contributed by atoms with Crippen LogP contribution in [0.1, 0.15) is 50.2 Å². The van der Waals surface area contributed by atoms with Gasteiger partial charge in [0.05, 0.1) is 34.6 Å². The van der Waals surface area contributed by atoms with Crippen LogP contribution in [0.4, 0.5) is 17.2 Å². The molecule has 2 aromatic heterocycles. The monoisotopic (exact) mass is 515 g/mol. The van der Waals surface area contributed by atoms with Gasteiger partial charge in [0.15, 0.2) is 5.78 Å². The van der Waals surface area contributed by atoms with Crippen LogP contribution in [0, 0.1) is 5.41 Å². The number of hydrogen-bond acceptors (Lipinski definition) is 6. The lowest BCUT2D eigenvalue weighted by Crippen LogP contribution is -2.54. The summed E-state index contributed by atoms with van der Waals surface area (Å²) >= 11 is 0. The lowest BCUT2D eigenvalue weighted by molar-refractivity contribution is -0.153. The van der Waals surface area contributed by atoms with E-state index >= 15 is 0 Å². The van der Waals surface area contributed by atoms with Crippen LogP contribution in [-0.4, -0.2) is 57.8 Å². The third kappa shape index (κ3) is 5.06. The van der Waals surface area contributed by atoms with Crippen LogP contribution in [0.5, 0.6) is 0 Å². The summed E-state index contributed by atoms with van der Waals surface area (Å²) in [5.41, 5.74) is 3.36. The number of carbonyl (C=O) groups is 3. The number of anilines is 3. The van der Waals surface area contributed by atoms with E-state index in [9.17, 15) is 14.4 Å². The molecular formula is C29H33N5O4. The average Bonchev–Trinajstić information content (AvgIpc) is 3.21. The van der Waals surface area contributed by atoms with E-state index in [4.69, 9.17) is 4.74 Å². The Morgan fingerprint density at radius 2 is 1.82 bits per heavy atom. The molecule has 3 N–H and O–H groups in total. The Kier molecular flexibility index (Phi) is 6.79. The van der Waals surface area contributed by atoms with Crippen molar-refractivity contribution in [1.82, 2.24) is 14.9 Å². The van der Waals surface area contributed by atoms with Gasteiger partial charge in [-0.3, -0.25) is 14.4 Å². The van der Waals surface area contributed by atoms with Crippen molar-refractivity contribution in [1.29, 1.82) is 0 Å². The van der Waals surface area contributed by atoms with Gasteiger partial charge < -0.3 is 25.3 Å². The largest absolute Gasteiger partial charge is 0.372 e. The second kappa shape index (κ2) is 10.1. The van der Waals surface area contributed by atoms with Crippen molar-refractivity contribution in [2.75, 3.05) is 23.7 Å². The zero-order valence-corrected chi connectivity index (χ0v) is 22.1. The summed E-state index contributed by atoms with van der Waals surface area (Å²) in [6.45, 7) is 8.26. The number of H-pyrrole nitrogens is 1. The number of nitrogens with zero attached hydrogens (tertiary/aromatic N) is 2. The molecule has 0 radical (unpaired) electrons. The van der Waals surface area contributed by atoms with Crippen molar-refractivity contribution in [3.8, 4) is 11.3 Å². The Balaban J connectivity index is 1.55. The van der Waals surface area contributed by atoms with Crippen molar-refractivity contribution in [3.63, 3.8) is 0 Å². The van der Waals surface area contributed by atoms with E-state index in [-0.39, 0.29) is 36.2 Å². The second-order valence-electron chi connectivity index (χ2n) is 10.6. The van der Waals surface area contributed by atoms with Gasteiger partial charge in [-0.25, -0.2) is 4.98 Å². The van der Waals surface area contributed by atoms with E-state index in [2.05, 4.69) is 20.6 Å². The van der Waals surface area contributed by atoms with E-state index < -0.39 is 5.41 Å². The molecule has 9 heteroatoms. The number of ether oxygens (including phenoxy) is 1. The molecule has 5 rings (SSSR count). The fraction of sp³-hybridized carbons (Fsp3) is 0.379. The minimum Gasteiger partial charge on any atom is -0.372 e. The SMILES string of the molecule is CC(=O)Nc1cc(-c2[nH]c3c(c2Nc2ccccc2)C(=O)CC(C)(C(=O)N2CC(C)OC(C)C2)C3)ccn1. The van der Waals surface area contributed by atoms with Crippen LogP contribution in [0.3, 0.4) is 0 Å². The number of Topliss-reactive ketones (excluding diaryl/α,β-unsaturated/α-hetero) is 1. The lowest BCUT2D eigenvalue weighted by Gasteiger charge is -2.41. The van der Waals surface area contributed by atoms with E-state index in [1.807, 2.05) is 62.1 Å². The number of morpholine rings is 1. The molecule has 3 atom stereocenters. The molecular weight excluding hydrogens is 482 g/mol. The summed E-state index contributed by atoms with van der Waals surface area (Å²) in [5.74, 6) is 0.0759. The van der Waals surface area contributed by atoms with Crippen molar-refractivity contribution >= 4 is 34.8 Å². The van der Waals surface area contributed by atoms with Gasteiger partial charge >= 0.3 is 0 Å². The van der Waals surface area contributed by atoms with Crippen molar-refractivity contribution in [2.24, 2.45) is 5.41 Å².